The van der Waals surface area contributed by atoms with Crippen molar-refractivity contribution in [1.29, 1.82) is 0 Å². The maximum Gasteiger partial charge on any atom is 0.203 e. The highest BCUT2D eigenvalue weighted by Gasteiger charge is 2.26. The van der Waals surface area contributed by atoms with E-state index in [9.17, 15) is 0 Å². The molecule has 0 aliphatic heterocycles. The third-order valence-electron chi connectivity index (χ3n) is 6.96. The molecule has 194 valence electrons. The van der Waals surface area contributed by atoms with Crippen LogP contribution in [0.5, 0.6) is 23.0 Å². The van der Waals surface area contributed by atoms with E-state index < -0.39 is 0 Å². The van der Waals surface area contributed by atoms with Gasteiger partial charge in [-0.15, -0.1) is 0 Å². The molecule has 0 bridgehead atoms. The molecule has 0 fully saturated rings. The van der Waals surface area contributed by atoms with Crippen LogP contribution in [0.2, 0.25) is 0 Å². The number of hydrogen-bond acceptors (Lipinski definition) is 5. The number of hydrogen-bond donors (Lipinski definition) is 0. The van der Waals surface area contributed by atoms with Crippen molar-refractivity contribution < 1.29 is 18.9 Å². The largest absolute Gasteiger partial charge is 0.493 e. The van der Waals surface area contributed by atoms with E-state index in [-0.39, 0.29) is 5.92 Å². The van der Waals surface area contributed by atoms with E-state index in [0.29, 0.717) is 23.9 Å². The molecule has 4 aromatic carbocycles. The molecule has 0 saturated heterocycles. The summed E-state index contributed by atoms with van der Waals surface area (Å²) in [5, 5.41) is 2.40. The Hall–Kier alpha value is -3.70. The molecule has 0 aromatic heterocycles. The summed E-state index contributed by atoms with van der Waals surface area (Å²) in [6.07, 6.45) is 0. The van der Waals surface area contributed by atoms with Gasteiger partial charge in [0.2, 0.25) is 5.75 Å². The molecule has 0 aliphatic rings. The Labute approximate surface area is 220 Å². The topological polar surface area (TPSA) is 40.2 Å². The molecular formula is C32H37NO4. The van der Waals surface area contributed by atoms with Crippen LogP contribution < -0.4 is 18.9 Å². The van der Waals surface area contributed by atoms with Crippen molar-refractivity contribution >= 4 is 10.8 Å². The lowest BCUT2D eigenvalue weighted by Crippen LogP contribution is -2.27. The summed E-state index contributed by atoms with van der Waals surface area (Å²) in [5.74, 6) is 2.66. The minimum Gasteiger partial charge on any atom is -0.493 e. The van der Waals surface area contributed by atoms with E-state index in [1.54, 1.807) is 21.3 Å². The molecule has 0 aliphatic carbocycles. The summed E-state index contributed by atoms with van der Waals surface area (Å²) in [6.45, 7) is 7.98. The second kappa shape index (κ2) is 12.5. The predicted molar refractivity (Wildman–Crippen MR) is 151 cm³/mol. The first kappa shape index (κ1) is 26.4. The molecule has 37 heavy (non-hydrogen) atoms. The number of likely N-dealkylation sites (N-methyl/N-ethyl adjacent to an activating group) is 1. The van der Waals surface area contributed by atoms with Crippen molar-refractivity contribution in [2.24, 2.45) is 0 Å². The molecule has 1 atom stereocenters. The van der Waals surface area contributed by atoms with Crippen molar-refractivity contribution in [2.75, 3.05) is 47.6 Å². The van der Waals surface area contributed by atoms with Gasteiger partial charge >= 0.3 is 0 Å². The lowest BCUT2D eigenvalue weighted by molar-refractivity contribution is 0.223. The van der Waals surface area contributed by atoms with Gasteiger partial charge in [0.05, 0.1) is 21.3 Å². The standard InChI is InChI=1S/C32H37NO4/c1-6-33(7-2)21-22-37-25-17-15-24(16-18-25)30(27-14-10-12-23-11-8-9-13-26(23)27)28-19-20-29(34-3)32(36-5)31(28)35-4/h8-20,30H,6-7,21-22H2,1-5H3. The maximum atomic E-state index is 6.07. The minimum atomic E-state index is -0.0921. The van der Waals surface area contributed by atoms with Gasteiger partial charge in [-0.25, -0.2) is 0 Å². The summed E-state index contributed by atoms with van der Waals surface area (Å²) in [4.78, 5) is 2.36. The Kier molecular flexibility index (Phi) is 8.91. The van der Waals surface area contributed by atoms with Gasteiger partial charge < -0.3 is 23.8 Å². The van der Waals surface area contributed by atoms with Gasteiger partial charge in [-0.05, 0) is 53.2 Å². The monoisotopic (exact) mass is 499 g/mol. The third-order valence-corrected chi connectivity index (χ3v) is 6.96. The summed E-state index contributed by atoms with van der Waals surface area (Å²) in [6, 6.07) is 27.4. The second-order valence-electron chi connectivity index (χ2n) is 8.87. The van der Waals surface area contributed by atoms with Crippen molar-refractivity contribution in [3.8, 4) is 23.0 Å². The first-order valence-corrected chi connectivity index (χ1v) is 12.9. The summed E-state index contributed by atoms with van der Waals surface area (Å²) in [7, 11) is 4.95. The smallest absolute Gasteiger partial charge is 0.203 e. The fourth-order valence-electron chi connectivity index (χ4n) is 4.97. The highest BCUT2D eigenvalue weighted by atomic mass is 16.5. The van der Waals surface area contributed by atoms with Crippen LogP contribution in [0.15, 0.2) is 78.9 Å². The molecule has 0 amide bonds. The number of rotatable bonds is 12. The zero-order chi connectivity index (χ0) is 26.2. The first-order chi connectivity index (χ1) is 18.1. The van der Waals surface area contributed by atoms with Crippen molar-refractivity contribution in [3.63, 3.8) is 0 Å². The van der Waals surface area contributed by atoms with Crippen LogP contribution >= 0.6 is 0 Å². The molecule has 4 rings (SSSR count). The Balaban J connectivity index is 1.79. The van der Waals surface area contributed by atoms with E-state index in [1.807, 2.05) is 6.07 Å². The number of nitrogens with zero attached hydrogens (tertiary/aromatic N) is 1. The quantitative estimate of drug-likeness (QED) is 0.201. The Bertz CT molecular complexity index is 1290. The SMILES string of the molecule is CCN(CC)CCOc1ccc(C(c2ccc(OC)c(OC)c2OC)c2cccc3ccccc23)cc1. The maximum absolute atomic E-state index is 6.07. The van der Waals surface area contributed by atoms with E-state index >= 15 is 0 Å². The summed E-state index contributed by atoms with van der Waals surface area (Å²) >= 11 is 0. The van der Waals surface area contributed by atoms with Gasteiger partial charge in [0.25, 0.3) is 0 Å². The Morgan fingerprint density at radius 3 is 2.05 bits per heavy atom. The lowest BCUT2D eigenvalue weighted by atomic mass is 9.82. The van der Waals surface area contributed by atoms with Crippen molar-refractivity contribution in [3.05, 3.63) is 95.6 Å². The highest BCUT2D eigenvalue weighted by molar-refractivity contribution is 5.87. The fraction of sp³-hybridized carbons (Fsp3) is 0.312. The van der Waals surface area contributed by atoms with Crippen LogP contribution in [0.4, 0.5) is 0 Å². The van der Waals surface area contributed by atoms with Gasteiger partial charge in [0.1, 0.15) is 12.4 Å². The number of benzene rings is 4. The van der Waals surface area contributed by atoms with E-state index in [1.165, 1.54) is 16.3 Å². The molecule has 4 aromatic rings. The fourth-order valence-corrected chi connectivity index (χ4v) is 4.97. The van der Waals surface area contributed by atoms with Crippen LogP contribution in [-0.2, 0) is 0 Å². The van der Waals surface area contributed by atoms with Crippen LogP contribution in [0, 0.1) is 0 Å². The lowest BCUT2D eigenvalue weighted by Gasteiger charge is -2.25. The van der Waals surface area contributed by atoms with E-state index in [0.717, 1.165) is 36.5 Å². The van der Waals surface area contributed by atoms with Gasteiger partial charge in [-0.1, -0.05) is 74.5 Å². The van der Waals surface area contributed by atoms with Crippen LogP contribution in [0.25, 0.3) is 10.8 Å². The molecule has 0 heterocycles. The third kappa shape index (κ3) is 5.67. The first-order valence-electron chi connectivity index (χ1n) is 12.9. The average Bonchev–Trinajstić information content (AvgIpc) is 2.96. The zero-order valence-corrected chi connectivity index (χ0v) is 22.5. The number of fused-ring (bicyclic) bond motifs is 1. The molecule has 0 N–H and O–H groups in total. The average molecular weight is 500 g/mol. The van der Waals surface area contributed by atoms with Crippen LogP contribution in [-0.4, -0.2) is 52.5 Å². The normalized spacial score (nSPS) is 11.9. The van der Waals surface area contributed by atoms with Crippen molar-refractivity contribution in [1.82, 2.24) is 4.90 Å². The molecule has 0 radical (unpaired) electrons. The predicted octanol–water partition coefficient (Wildman–Crippen LogP) is 6.77. The van der Waals surface area contributed by atoms with Gasteiger partial charge in [-0.2, -0.15) is 0 Å². The molecule has 5 heteroatoms. The minimum absolute atomic E-state index is 0.0921. The molecule has 1 unspecified atom stereocenters. The zero-order valence-electron chi connectivity index (χ0n) is 22.5. The highest BCUT2D eigenvalue weighted by Crippen LogP contribution is 2.47. The number of ether oxygens (including phenoxy) is 4. The Morgan fingerprint density at radius 2 is 1.38 bits per heavy atom. The van der Waals surface area contributed by atoms with Gasteiger partial charge in [0.15, 0.2) is 11.5 Å². The van der Waals surface area contributed by atoms with E-state index in [2.05, 4.69) is 91.5 Å². The van der Waals surface area contributed by atoms with Gasteiger partial charge in [-0.3, -0.25) is 0 Å². The molecule has 0 spiro atoms. The van der Waals surface area contributed by atoms with Gasteiger partial charge in [0, 0.05) is 18.0 Å². The summed E-state index contributed by atoms with van der Waals surface area (Å²) in [5.41, 5.74) is 3.34. The van der Waals surface area contributed by atoms with E-state index in [4.69, 9.17) is 18.9 Å². The molecule has 5 nitrogen and oxygen atoms in total. The summed E-state index contributed by atoms with van der Waals surface area (Å²) < 4.78 is 23.3. The van der Waals surface area contributed by atoms with Crippen LogP contribution in [0.3, 0.4) is 0 Å². The second-order valence-corrected chi connectivity index (χ2v) is 8.87. The van der Waals surface area contributed by atoms with Crippen molar-refractivity contribution in [2.45, 2.75) is 19.8 Å². The molecule has 0 saturated carbocycles. The van der Waals surface area contributed by atoms with Crippen LogP contribution in [0.1, 0.15) is 36.5 Å². The number of methoxy groups -OCH3 is 3. The molecular weight excluding hydrogens is 462 g/mol. The Morgan fingerprint density at radius 1 is 0.676 bits per heavy atom.